The summed E-state index contributed by atoms with van der Waals surface area (Å²) in [4.78, 5) is 38.0. The average Bonchev–Trinajstić information content (AvgIpc) is 3.46. The number of hydrogen-bond donors (Lipinski definition) is 0. The van der Waals surface area contributed by atoms with Gasteiger partial charge in [-0.2, -0.15) is 0 Å². The summed E-state index contributed by atoms with van der Waals surface area (Å²) in [7, 11) is 0. The van der Waals surface area contributed by atoms with Crippen molar-refractivity contribution in [3.05, 3.63) is 31.5 Å². The van der Waals surface area contributed by atoms with E-state index in [0.717, 1.165) is 13.7 Å². The van der Waals surface area contributed by atoms with Crippen LogP contribution in [0.15, 0.2) is 14.4 Å². The normalized spacial score (nSPS) is 29.8. The van der Waals surface area contributed by atoms with Gasteiger partial charge < -0.3 is 18.9 Å². The molecular formula is C15H21N3O7. The lowest BCUT2D eigenvalue weighted by Crippen LogP contribution is -2.56. The summed E-state index contributed by atoms with van der Waals surface area (Å²) >= 11 is 0. The first-order valence-corrected chi connectivity index (χ1v) is 8.33. The van der Waals surface area contributed by atoms with Crippen LogP contribution in [0.25, 0.3) is 0 Å². The highest BCUT2D eigenvalue weighted by Crippen LogP contribution is 2.22. The van der Waals surface area contributed by atoms with Gasteiger partial charge in [-0.3, -0.25) is 0 Å². The second kappa shape index (κ2) is 5.90. The molecule has 0 radical (unpaired) electrons. The van der Waals surface area contributed by atoms with Gasteiger partial charge in [0.2, 0.25) is 0 Å². The molecule has 1 aromatic rings. The Kier molecular flexibility index (Phi) is 3.95. The smallest absolute Gasteiger partial charge is 0.336 e. The lowest BCUT2D eigenvalue weighted by Gasteiger charge is -2.18. The number of aromatic nitrogens is 3. The van der Waals surface area contributed by atoms with Crippen molar-refractivity contribution in [2.45, 2.75) is 57.6 Å². The Balaban J connectivity index is 1.72. The van der Waals surface area contributed by atoms with Crippen molar-refractivity contribution in [1.82, 2.24) is 13.7 Å². The van der Waals surface area contributed by atoms with E-state index in [-0.39, 0.29) is 38.4 Å². The highest BCUT2D eigenvalue weighted by atomic mass is 16.7. The molecule has 0 bridgehead atoms. The Morgan fingerprint density at radius 1 is 0.800 bits per heavy atom. The van der Waals surface area contributed by atoms with Crippen LogP contribution in [-0.2, 0) is 38.6 Å². The summed E-state index contributed by atoms with van der Waals surface area (Å²) in [6, 6.07) is 0. The van der Waals surface area contributed by atoms with Crippen LogP contribution in [0.4, 0.5) is 0 Å². The number of ether oxygens (including phenoxy) is 4. The molecule has 3 aliphatic heterocycles. The Labute approximate surface area is 142 Å². The third-order valence-corrected chi connectivity index (χ3v) is 4.42. The fraction of sp³-hybridized carbons (Fsp3) is 0.800. The van der Waals surface area contributed by atoms with Gasteiger partial charge in [0, 0.05) is 0 Å². The average molecular weight is 355 g/mol. The van der Waals surface area contributed by atoms with E-state index in [4.69, 9.17) is 18.9 Å². The molecule has 0 N–H and O–H groups in total. The largest absolute Gasteiger partial charge is 0.371 e. The SMILES string of the molecule is CC1(C)OCC(Cn2c(=O)n(CC3CO3)c(=O)n(CC3CO3)c2=O)O1. The molecule has 3 atom stereocenters. The van der Waals surface area contributed by atoms with Gasteiger partial charge in [0.05, 0.1) is 51.7 Å². The number of nitrogens with zero attached hydrogens (tertiary/aromatic N) is 3. The molecule has 25 heavy (non-hydrogen) atoms. The third-order valence-electron chi connectivity index (χ3n) is 4.42. The highest BCUT2D eigenvalue weighted by Gasteiger charge is 2.35. The van der Waals surface area contributed by atoms with E-state index in [1.807, 2.05) is 0 Å². The van der Waals surface area contributed by atoms with Crippen LogP contribution in [0.2, 0.25) is 0 Å². The first kappa shape index (κ1) is 16.7. The van der Waals surface area contributed by atoms with E-state index in [9.17, 15) is 14.4 Å². The van der Waals surface area contributed by atoms with Gasteiger partial charge in [-0.15, -0.1) is 0 Å². The molecule has 3 fully saturated rings. The Morgan fingerprint density at radius 3 is 1.52 bits per heavy atom. The molecule has 0 aliphatic carbocycles. The van der Waals surface area contributed by atoms with Gasteiger partial charge >= 0.3 is 17.1 Å². The van der Waals surface area contributed by atoms with E-state index in [2.05, 4.69) is 0 Å². The van der Waals surface area contributed by atoms with Crippen molar-refractivity contribution >= 4 is 0 Å². The Morgan fingerprint density at radius 2 is 1.20 bits per heavy atom. The molecule has 3 unspecified atom stereocenters. The molecule has 4 heterocycles. The predicted molar refractivity (Wildman–Crippen MR) is 83.6 cm³/mol. The van der Waals surface area contributed by atoms with Crippen molar-refractivity contribution in [2.75, 3.05) is 19.8 Å². The summed E-state index contributed by atoms with van der Waals surface area (Å²) in [5.74, 6) is -0.758. The molecule has 0 amide bonds. The molecule has 138 valence electrons. The van der Waals surface area contributed by atoms with Gasteiger partial charge in [0.25, 0.3) is 0 Å². The summed E-state index contributed by atoms with van der Waals surface area (Å²) in [6.45, 7) is 5.12. The molecule has 10 heteroatoms. The van der Waals surface area contributed by atoms with E-state index >= 15 is 0 Å². The molecule has 0 aromatic carbocycles. The van der Waals surface area contributed by atoms with Gasteiger partial charge in [0.15, 0.2) is 5.79 Å². The molecule has 3 aliphatic rings. The maximum Gasteiger partial charge on any atom is 0.336 e. The molecular weight excluding hydrogens is 334 g/mol. The molecule has 10 nitrogen and oxygen atoms in total. The zero-order chi connectivity index (χ0) is 17.8. The topological polar surface area (TPSA) is 110 Å². The summed E-state index contributed by atoms with van der Waals surface area (Å²) < 4.78 is 24.6. The van der Waals surface area contributed by atoms with E-state index in [1.165, 1.54) is 0 Å². The van der Waals surface area contributed by atoms with E-state index < -0.39 is 29.0 Å². The monoisotopic (exact) mass is 355 g/mol. The van der Waals surface area contributed by atoms with Gasteiger partial charge in [-0.25, -0.2) is 28.1 Å². The maximum absolute atomic E-state index is 12.7. The van der Waals surface area contributed by atoms with Crippen molar-refractivity contribution in [1.29, 1.82) is 0 Å². The van der Waals surface area contributed by atoms with E-state index in [0.29, 0.717) is 13.2 Å². The molecule has 4 rings (SSSR count). The summed E-state index contributed by atoms with van der Waals surface area (Å²) in [6.07, 6.45) is -0.756. The number of rotatable bonds is 6. The van der Waals surface area contributed by atoms with Crippen LogP contribution in [0, 0.1) is 0 Å². The highest BCUT2D eigenvalue weighted by molar-refractivity contribution is 4.86. The van der Waals surface area contributed by atoms with Gasteiger partial charge in [-0.1, -0.05) is 0 Å². The number of epoxide rings is 2. The third kappa shape index (κ3) is 3.47. The molecule has 3 saturated heterocycles. The van der Waals surface area contributed by atoms with Crippen LogP contribution in [0.1, 0.15) is 13.8 Å². The molecule has 0 spiro atoms. The van der Waals surface area contributed by atoms with Crippen molar-refractivity contribution < 1.29 is 18.9 Å². The molecule has 0 saturated carbocycles. The minimum absolute atomic E-state index is 0.0262. The van der Waals surface area contributed by atoms with Crippen LogP contribution in [0.3, 0.4) is 0 Å². The van der Waals surface area contributed by atoms with Crippen molar-refractivity contribution in [2.24, 2.45) is 0 Å². The molecule has 1 aromatic heterocycles. The Hall–Kier alpha value is -1.75. The summed E-state index contributed by atoms with van der Waals surface area (Å²) in [5, 5.41) is 0. The first-order chi connectivity index (χ1) is 11.8. The second-order valence-corrected chi connectivity index (χ2v) is 7.04. The zero-order valence-corrected chi connectivity index (χ0v) is 14.2. The fourth-order valence-electron chi connectivity index (χ4n) is 2.96. The van der Waals surface area contributed by atoms with Crippen molar-refractivity contribution in [3.63, 3.8) is 0 Å². The van der Waals surface area contributed by atoms with Crippen LogP contribution >= 0.6 is 0 Å². The zero-order valence-electron chi connectivity index (χ0n) is 14.2. The quantitative estimate of drug-likeness (QED) is 0.549. The van der Waals surface area contributed by atoms with Gasteiger partial charge in [0.1, 0.15) is 6.10 Å². The lowest BCUT2D eigenvalue weighted by molar-refractivity contribution is -0.139. The van der Waals surface area contributed by atoms with Crippen LogP contribution in [-0.4, -0.2) is 57.6 Å². The van der Waals surface area contributed by atoms with E-state index in [1.54, 1.807) is 13.8 Å². The standard InChI is InChI=1S/C15H21N3O7/c1-15(2)24-8-11(25-15)5-18-13(20)16(3-9-6-22-9)12(19)17(14(18)21)4-10-7-23-10/h9-11H,3-8H2,1-2H3. The van der Waals surface area contributed by atoms with Gasteiger partial charge in [-0.05, 0) is 13.8 Å². The predicted octanol–water partition coefficient (Wildman–Crippen LogP) is -1.88. The minimum Gasteiger partial charge on any atom is -0.371 e. The summed E-state index contributed by atoms with van der Waals surface area (Å²) in [5.41, 5.74) is -1.92. The fourth-order valence-corrected chi connectivity index (χ4v) is 2.96. The second-order valence-electron chi connectivity index (χ2n) is 7.04. The minimum atomic E-state index is -0.758. The Bertz CT molecular complexity index is 792. The van der Waals surface area contributed by atoms with Crippen LogP contribution < -0.4 is 17.1 Å². The van der Waals surface area contributed by atoms with Crippen LogP contribution in [0.5, 0.6) is 0 Å². The first-order valence-electron chi connectivity index (χ1n) is 8.33. The van der Waals surface area contributed by atoms with Crippen molar-refractivity contribution in [3.8, 4) is 0 Å². The lowest BCUT2D eigenvalue weighted by atomic mass is 10.3. The maximum atomic E-state index is 12.7. The number of hydrogen-bond acceptors (Lipinski definition) is 7.